The molecule has 3 rings (SSSR count). The Morgan fingerprint density at radius 2 is 1.80 bits per heavy atom. The first kappa shape index (κ1) is 17.7. The minimum Gasteiger partial charge on any atom is -0.347 e. The Bertz CT molecular complexity index is 764. The van der Waals surface area contributed by atoms with Gasteiger partial charge in [-0.2, -0.15) is 13.2 Å². The van der Waals surface area contributed by atoms with Crippen LogP contribution in [-0.2, 0) is 6.18 Å². The van der Waals surface area contributed by atoms with Crippen LogP contribution in [0, 0.1) is 0 Å². The third kappa shape index (κ3) is 3.92. The van der Waals surface area contributed by atoms with E-state index in [4.69, 9.17) is 11.6 Å². The van der Waals surface area contributed by atoms with Gasteiger partial charge >= 0.3 is 6.18 Å². The maximum absolute atomic E-state index is 12.7. The molecule has 0 bridgehead atoms. The van der Waals surface area contributed by atoms with Crippen LogP contribution in [0.15, 0.2) is 36.7 Å². The number of carbonyl (C=O) groups is 1. The summed E-state index contributed by atoms with van der Waals surface area (Å²) in [6.45, 7) is 0. The Labute approximate surface area is 147 Å². The van der Waals surface area contributed by atoms with Crippen molar-refractivity contribution in [1.82, 2.24) is 15.3 Å². The summed E-state index contributed by atoms with van der Waals surface area (Å²) < 4.78 is 38.1. The zero-order chi connectivity index (χ0) is 18.0. The molecule has 1 aliphatic rings. The van der Waals surface area contributed by atoms with E-state index in [-0.39, 0.29) is 22.8 Å². The maximum atomic E-state index is 12.7. The fourth-order valence-electron chi connectivity index (χ4n) is 3.16. The molecule has 1 aromatic heterocycles. The van der Waals surface area contributed by atoms with Gasteiger partial charge in [0.05, 0.1) is 5.56 Å². The summed E-state index contributed by atoms with van der Waals surface area (Å²) in [5.41, 5.74) is 0.143. The second-order valence-corrected chi connectivity index (χ2v) is 6.29. The van der Waals surface area contributed by atoms with Crippen LogP contribution in [0.2, 0.25) is 5.15 Å². The molecule has 2 aromatic rings. The fraction of sp³-hybridized carbons (Fsp3) is 0.353. The number of benzene rings is 1. The van der Waals surface area contributed by atoms with Crippen molar-refractivity contribution < 1.29 is 18.0 Å². The van der Waals surface area contributed by atoms with Gasteiger partial charge in [0.15, 0.2) is 10.8 Å². The highest BCUT2D eigenvalue weighted by Crippen LogP contribution is 2.36. The van der Waals surface area contributed by atoms with Gasteiger partial charge < -0.3 is 5.32 Å². The van der Waals surface area contributed by atoms with E-state index >= 15 is 0 Å². The van der Waals surface area contributed by atoms with E-state index in [0.717, 1.165) is 37.0 Å². The quantitative estimate of drug-likeness (QED) is 0.881. The van der Waals surface area contributed by atoms with Crippen LogP contribution < -0.4 is 5.32 Å². The highest BCUT2D eigenvalue weighted by Gasteiger charge is 2.33. The topological polar surface area (TPSA) is 54.9 Å². The molecule has 0 spiro atoms. The summed E-state index contributed by atoms with van der Waals surface area (Å²) in [5.74, 6) is -0.469. The van der Waals surface area contributed by atoms with E-state index in [1.165, 1.54) is 24.5 Å². The van der Waals surface area contributed by atoms with Gasteiger partial charge in [0.1, 0.15) is 0 Å². The molecule has 1 aliphatic carbocycles. The summed E-state index contributed by atoms with van der Waals surface area (Å²) in [5, 5.41) is 2.90. The number of alkyl halides is 3. The summed E-state index contributed by atoms with van der Waals surface area (Å²) in [7, 11) is 0. The Kier molecular flexibility index (Phi) is 4.94. The molecule has 0 radical (unpaired) electrons. The van der Waals surface area contributed by atoms with Crippen molar-refractivity contribution in [3.8, 4) is 0 Å². The first-order valence-corrected chi connectivity index (χ1v) is 8.18. The van der Waals surface area contributed by atoms with Crippen molar-refractivity contribution in [1.29, 1.82) is 0 Å². The Morgan fingerprint density at radius 1 is 1.12 bits per heavy atom. The van der Waals surface area contributed by atoms with E-state index in [0.29, 0.717) is 0 Å². The van der Waals surface area contributed by atoms with Gasteiger partial charge in [-0.3, -0.25) is 4.79 Å². The number of hydrogen-bond acceptors (Lipinski definition) is 3. The van der Waals surface area contributed by atoms with Crippen molar-refractivity contribution in [2.24, 2.45) is 0 Å². The molecule has 0 saturated heterocycles. The smallest absolute Gasteiger partial charge is 0.347 e. The van der Waals surface area contributed by atoms with Gasteiger partial charge in [0.25, 0.3) is 5.91 Å². The number of nitrogens with zero attached hydrogens (tertiary/aromatic N) is 2. The minimum atomic E-state index is -4.36. The van der Waals surface area contributed by atoms with Gasteiger partial charge in [-0.25, -0.2) is 9.97 Å². The maximum Gasteiger partial charge on any atom is 0.416 e. The van der Waals surface area contributed by atoms with E-state index in [1.54, 1.807) is 0 Å². The molecule has 1 fully saturated rings. The largest absolute Gasteiger partial charge is 0.416 e. The van der Waals surface area contributed by atoms with Crippen LogP contribution >= 0.6 is 11.6 Å². The summed E-state index contributed by atoms with van der Waals surface area (Å²) in [4.78, 5) is 20.1. The van der Waals surface area contributed by atoms with Gasteiger partial charge in [-0.15, -0.1) is 0 Å². The molecule has 132 valence electrons. The second-order valence-electron chi connectivity index (χ2n) is 5.93. The lowest BCUT2D eigenvalue weighted by Crippen LogP contribution is -2.37. The summed E-state index contributed by atoms with van der Waals surface area (Å²) >= 11 is 5.88. The molecule has 0 aliphatic heterocycles. The van der Waals surface area contributed by atoms with Crippen LogP contribution in [0.25, 0.3) is 0 Å². The lowest BCUT2D eigenvalue weighted by atomic mass is 9.93. The van der Waals surface area contributed by atoms with Crippen molar-refractivity contribution in [3.05, 3.63) is 58.6 Å². The Morgan fingerprint density at radius 3 is 2.44 bits per heavy atom. The van der Waals surface area contributed by atoms with Crippen molar-refractivity contribution in [2.45, 2.75) is 37.4 Å². The van der Waals surface area contributed by atoms with Gasteiger partial charge in [0, 0.05) is 24.4 Å². The molecule has 1 saturated carbocycles. The van der Waals surface area contributed by atoms with E-state index in [1.807, 2.05) is 0 Å². The standard InChI is InChI=1S/C17H15ClF3N3O/c18-15-14(22-8-9-23-15)16(25)24-13-3-1-2-12(13)10-4-6-11(7-5-10)17(19,20)21/h4-9,12-13H,1-3H2,(H,24,25)/t12-,13-/m1/s1. The van der Waals surface area contributed by atoms with Crippen LogP contribution in [0.3, 0.4) is 0 Å². The molecule has 8 heteroatoms. The normalized spacial score (nSPS) is 20.5. The molecule has 25 heavy (non-hydrogen) atoms. The number of carbonyl (C=O) groups excluding carboxylic acids is 1. The summed E-state index contributed by atoms with van der Waals surface area (Å²) in [6.07, 6.45) is 0.831. The number of hydrogen-bond donors (Lipinski definition) is 1. The molecular formula is C17H15ClF3N3O. The molecule has 2 atom stereocenters. The number of amides is 1. The minimum absolute atomic E-state index is 0.0177. The SMILES string of the molecule is O=C(N[C@@H]1CCC[C@@H]1c1ccc(C(F)(F)F)cc1)c1nccnc1Cl. The average Bonchev–Trinajstić information content (AvgIpc) is 3.02. The lowest BCUT2D eigenvalue weighted by Gasteiger charge is -2.22. The monoisotopic (exact) mass is 369 g/mol. The first-order valence-electron chi connectivity index (χ1n) is 7.81. The Balaban J connectivity index is 1.75. The van der Waals surface area contributed by atoms with Crippen LogP contribution in [0.4, 0.5) is 13.2 Å². The highest BCUT2D eigenvalue weighted by atomic mass is 35.5. The van der Waals surface area contributed by atoms with E-state index in [9.17, 15) is 18.0 Å². The number of halogens is 4. The number of rotatable bonds is 3. The molecule has 4 nitrogen and oxygen atoms in total. The zero-order valence-electron chi connectivity index (χ0n) is 13.1. The molecule has 1 amide bonds. The summed E-state index contributed by atoms with van der Waals surface area (Å²) in [6, 6.07) is 4.93. The third-order valence-electron chi connectivity index (χ3n) is 4.37. The van der Waals surface area contributed by atoms with Crippen LogP contribution in [0.5, 0.6) is 0 Å². The molecule has 0 unspecified atom stereocenters. The number of aromatic nitrogens is 2. The number of nitrogens with one attached hydrogen (secondary N) is 1. The predicted octanol–water partition coefficient (Wildman–Crippen LogP) is 4.21. The van der Waals surface area contributed by atoms with Crippen LogP contribution in [-0.4, -0.2) is 21.9 Å². The fourth-order valence-corrected chi connectivity index (χ4v) is 3.35. The molecule has 1 heterocycles. The zero-order valence-corrected chi connectivity index (χ0v) is 13.8. The van der Waals surface area contributed by atoms with Gasteiger partial charge in [-0.05, 0) is 30.5 Å². The van der Waals surface area contributed by atoms with Gasteiger partial charge in [-0.1, -0.05) is 30.2 Å². The molecular weight excluding hydrogens is 355 g/mol. The molecule has 1 aromatic carbocycles. The van der Waals surface area contributed by atoms with Crippen molar-refractivity contribution >= 4 is 17.5 Å². The highest BCUT2D eigenvalue weighted by molar-refractivity contribution is 6.32. The Hall–Kier alpha value is -2.15. The van der Waals surface area contributed by atoms with Crippen molar-refractivity contribution in [3.63, 3.8) is 0 Å². The second kappa shape index (κ2) is 7.00. The molecule has 1 N–H and O–H groups in total. The van der Waals surface area contributed by atoms with Crippen LogP contribution in [0.1, 0.15) is 46.8 Å². The third-order valence-corrected chi connectivity index (χ3v) is 4.64. The van der Waals surface area contributed by atoms with E-state index in [2.05, 4.69) is 15.3 Å². The van der Waals surface area contributed by atoms with Gasteiger partial charge in [0.2, 0.25) is 0 Å². The average molecular weight is 370 g/mol. The van der Waals surface area contributed by atoms with Crippen molar-refractivity contribution in [2.75, 3.05) is 0 Å². The first-order chi connectivity index (χ1) is 11.9. The lowest BCUT2D eigenvalue weighted by molar-refractivity contribution is -0.137. The predicted molar refractivity (Wildman–Crippen MR) is 86.3 cm³/mol. The van der Waals surface area contributed by atoms with E-state index < -0.39 is 17.6 Å².